The third kappa shape index (κ3) is 2.91. The van der Waals surface area contributed by atoms with Gasteiger partial charge in [-0.1, -0.05) is 0 Å². The normalized spacial score (nSPS) is 33.7. The summed E-state index contributed by atoms with van der Waals surface area (Å²) >= 11 is 0. The molecule has 2 rings (SSSR count). The Morgan fingerprint density at radius 3 is 2.35 bits per heavy atom. The third-order valence-electron chi connectivity index (χ3n) is 3.18. The summed E-state index contributed by atoms with van der Waals surface area (Å²) in [5, 5.41) is 28.9. The highest BCUT2D eigenvalue weighted by Gasteiger charge is 2.43. The van der Waals surface area contributed by atoms with Crippen LogP contribution in [-0.4, -0.2) is 52.0 Å². The van der Waals surface area contributed by atoms with Crippen LogP contribution in [-0.2, 0) is 9.47 Å². The highest BCUT2D eigenvalue weighted by Crippen LogP contribution is 2.22. The maximum Gasteiger partial charge on any atom is 0.340 e. The fourth-order valence-corrected chi connectivity index (χ4v) is 1.90. The molecule has 1 fully saturated rings. The van der Waals surface area contributed by atoms with Gasteiger partial charge in [0.15, 0.2) is 0 Å². The second-order valence-electron chi connectivity index (χ2n) is 4.71. The van der Waals surface area contributed by atoms with Crippen LogP contribution in [0.2, 0.25) is 0 Å². The van der Waals surface area contributed by atoms with Gasteiger partial charge >= 0.3 is 5.97 Å². The number of carbonyl (C=O) groups excluding carboxylic acids is 1. The standard InChI is InChI=1S/C13H17NO6/c1-6-9(15)10(16)11(17)13(19-6)20-12(18)7-2-4-8(14)5-3-7/h2-6,9-11,13,15-17H,14H2,1H3/t6-,9-,10+,11+,13?/m0/s1. The van der Waals surface area contributed by atoms with Gasteiger partial charge in [-0.15, -0.1) is 0 Å². The Morgan fingerprint density at radius 1 is 1.15 bits per heavy atom. The molecule has 7 heteroatoms. The van der Waals surface area contributed by atoms with Gasteiger partial charge < -0.3 is 30.5 Å². The predicted molar refractivity (Wildman–Crippen MR) is 68.6 cm³/mol. The van der Waals surface area contributed by atoms with Crippen molar-refractivity contribution in [3.8, 4) is 0 Å². The molecule has 20 heavy (non-hydrogen) atoms. The van der Waals surface area contributed by atoms with E-state index in [1.165, 1.54) is 31.2 Å². The van der Waals surface area contributed by atoms with Crippen LogP contribution in [0.5, 0.6) is 0 Å². The molecule has 110 valence electrons. The number of anilines is 1. The van der Waals surface area contributed by atoms with E-state index in [2.05, 4.69) is 0 Å². The second kappa shape index (κ2) is 5.76. The van der Waals surface area contributed by atoms with Crippen molar-refractivity contribution in [1.82, 2.24) is 0 Å². The molecular weight excluding hydrogens is 266 g/mol. The van der Waals surface area contributed by atoms with E-state index in [1.807, 2.05) is 0 Å². The number of nitrogen functional groups attached to an aromatic ring is 1. The van der Waals surface area contributed by atoms with Crippen molar-refractivity contribution in [3.05, 3.63) is 29.8 Å². The number of hydrogen-bond acceptors (Lipinski definition) is 7. The molecule has 0 radical (unpaired) electrons. The Hall–Kier alpha value is -1.67. The fourth-order valence-electron chi connectivity index (χ4n) is 1.90. The van der Waals surface area contributed by atoms with Crippen LogP contribution in [0.15, 0.2) is 24.3 Å². The van der Waals surface area contributed by atoms with Crippen LogP contribution in [0.25, 0.3) is 0 Å². The number of esters is 1. The third-order valence-corrected chi connectivity index (χ3v) is 3.18. The van der Waals surface area contributed by atoms with E-state index in [1.54, 1.807) is 0 Å². The minimum atomic E-state index is -1.51. The number of carbonyl (C=O) groups is 1. The Kier molecular flexibility index (Phi) is 4.24. The van der Waals surface area contributed by atoms with E-state index in [4.69, 9.17) is 15.2 Å². The van der Waals surface area contributed by atoms with Gasteiger partial charge in [0, 0.05) is 5.69 Å². The van der Waals surface area contributed by atoms with Gasteiger partial charge in [0.1, 0.15) is 18.3 Å². The minimum Gasteiger partial charge on any atom is -0.429 e. The maximum atomic E-state index is 11.9. The first-order valence-electron chi connectivity index (χ1n) is 6.16. The highest BCUT2D eigenvalue weighted by molar-refractivity contribution is 5.89. The molecule has 0 bridgehead atoms. The molecule has 1 saturated heterocycles. The number of aliphatic hydroxyl groups excluding tert-OH is 3. The smallest absolute Gasteiger partial charge is 0.340 e. The molecule has 7 nitrogen and oxygen atoms in total. The van der Waals surface area contributed by atoms with Crippen molar-refractivity contribution in [2.75, 3.05) is 5.73 Å². The van der Waals surface area contributed by atoms with E-state index in [0.717, 1.165) is 0 Å². The number of benzene rings is 1. The van der Waals surface area contributed by atoms with Crippen molar-refractivity contribution >= 4 is 11.7 Å². The average molecular weight is 283 g/mol. The fraction of sp³-hybridized carbons (Fsp3) is 0.462. The van der Waals surface area contributed by atoms with Crippen molar-refractivity contribution in [2.45, 2.75) is 37.6 Å². The molecule has 5 N–H and O–H groups in total. The van der Waals surface area contributed by atoms with Gasteiger partial charge in [0.05, 0.1) is 11.7 Å². The van der Waals surface area contributed by atoms with Crippen molar-refractivity contribution in [3.63, 3.8) is 0 Å². The summed E-state index contributed by atoms with van der Waals surface area (Å²) in [6, 6.07) is 6.02. The predicted octanol–water partition coefficient (Wildman–Crippen LogP) is -0.747. The number of rotatable bonds is 2. The van der Waals surface area contributed by atoms with Crippen LogP contribution < -0.4 is 5.73 Å². The zero-order chi connectivity index (χ0) is 14.9. The molecule has 1 aromatic rings. The molecule has 1 aliphatic rings. The number of ether oxygens (including phenoxy) is 2. The van der Waals surface area contributed by atoms with Gasteiger partial charge in [0.2, 0.25) is 6.29 Å². The quantitative estimate of drug-likeness (QED) is 0.416. The Bertz CT molecular complexity index is 476. The first-order chi connectivity index (χ1) is 9.40. The Labute approximate surface area is 115 Å². The molecule has 0 aliphatic carbocycles. The van der Waals surface area contributed by atoms with Crippen LogP contribution in [0.1, 0.15) is 17.3 Å². The molecular formula is C13H17NO6. The maximum absolute atomic E-state index is 11.9. The lowest BCUT2D eigenvalue weighted by atomic mass is 10.00. The van der Waals surface area contributed by atoms with Crippen LogP contribution in [0, 0.1) is 0 Å². The monoisotopic (exact) mass is 283 g/mol. The zero-order valence-electron chi connectivity index (χ0n) is 10.8. The van der Waals surface area contributed by atoms with Crippen LogP contribution >= 0.6 is 0 Å². The summed E-state index contributed by atoms with van der Waals surface area (Å²) in [7, 11) is 0. The van der Waals surface area contributed by atoms with Gasteiger partial charge in [-0.2, -0.15) is 0 Å². The van der Waals surface area contributed by atoms with Gasteiger partial charge in [-0.25, -0.2) is 4.79 Å². The topological polar surface area (TPSA) is 122 Å². The van der Waals surface area contributed by atoms with E-state index >= 15 is 0 Å². The van der Waals surface area contributed by atoms with E-state index in [0.29, 0.717) is 5.69 Å². The SMILES string of the molecule is C[C@@H]1OC(OC(=O)c2ccc(N)cc2)[C@H](O)[C@H](O)[C@H]1O. The lowest BCUT2D eigenvalue weighted by molar-refractivity contribution is -0.276. The summed E-state index contributed by atoms with van der Waals surface area (Å²) in [6.07, 6.45) is -6.30. The molecule has 1 unspecified atom stereocenters. The summed E-state index contributed by atoms with van der Waals surface area (Å²) in [5.41, 5.74) is 6.25. The second-order valence-corrected chi connectivity index (χ2v) is 4.71. The number of nitrogens with two attached hydrogens (primary N) is 1. The molecule has 0 amide bonds. The molecule has 0 aromatic heterocycles. The molecule has 0 saturated carbocycles. The molecule has 5 atom stereocenters. The van der Waals surface area contributed by atoms with Gasteiger partial charge in [-0.3, -0.25) is 0 Å². The molecule has 1 aliphatic heterocycles. The van der Waals surface area contributed by atoms with Crippen molar-refractivity contribution in [1.29, 1.82) is 0 Å². The Morgan fingerprint density at radius 2 is 1.75 bits per heavy atom. The average Bonchev–Trinajstić information content (AvgIpc) is 2.43. The van der Waals surface area contributed by atoms with E-state index in [9.17, 15) is 20.1 Å². The number of aliphatic hydroxyl groups is 3. The molecule has 1 aromatic carbocycles. The van der Waals surface area contributed by atoms with E-state index in [-0.39, 0.29) is 5.56 Å². The van der Waals surface area contributed by atoms with Crippen molar-refractivity contribution in [2.24, 2.45) is 0 Å². The zero-order valence-corrected chi connectivity index (χ0v) is 10.8. The lowest BCUT2D eigenvalue weighted by Crippen LogP contribution is -2.57. The minimum absolute atomic E-state index is 0.239. The summed E-state index contributed by atoms with van der Waals surface area (Å²) in [4.78, 5) is 11.9. The van der Waals surface area contributed by atoms with Gasteiger partial charge in [0.25, 0.3) is 0 Å². The van der Waals surface area contributed by atoms with Crippen LogP contribution in [0.4, 0.5) is 5.69 Å². The van der Waals surface area contributed by atoms with E-state index < -0.39 is 36.7 Å². The molecule has 1 heterocycles. The Balaban J connectivity index is 2.05. The first-order valence-corrected chi connectivity index (χ1v) is 6.16. The summed E-state index contributed by atoms with van der Waals surface area (Å²) in [5.74, 6) is -0.718. The largest absolute Gasteiger partial charge is 0.429 e. The van der Waals surface area contributed by atoms with Crippen LogP contribution in [0.3, 0.4) is 0 Å². The lowest BCUT2D eigenvalue weighted by Gasteiger charge is -2.38. The number of hydrogen-bond donors (Lipinski definition) is 4. The van der Waals surface area contributed by atoms with Crippen molar-refractivity contribution < 1.29 is 29.6 Å². The summed E-state index contributed by atoms with van der Waals surface area (Å²) < 4.78 is 10.2. The summed E-state index contributed by atoms with van der Waals surface area (Å²) in [6.45, 7) is 1.50. The van der Waals surface area contributed by atoms with Gasteiger partial charge in [-0.05, 0) is 31.2 Å². The highest BCUT2D eigenvalue weighted by atomic mass is 16.7. The molecule has 0 spiro atoms. The first kappa shape index (κ1) is 14.7.